The van der Waals surface area contributed by atoms with Crippen LogP contribution in [0.15, 0.2) is 83.8 Å². The maximum atomic E-state index is 12.7. The van der Waals surface area contributed by atoms with E-state index in [1.165, 1.54) is 17.0 Å². The maximum Gasteiger partial charge on any atom is 0.258 e. The standard InChI is InChI=1S/C22H22N2O3S/c1-17-11-13-18(14-12-17)16-23-28(26,27)21-10-6-7-19(15-21)22(25)24(2)20-8-4-3-5-9-20/h3-15,23H,16H2,1-2H3. The molecule has 0 aliphatic rings. The molecule has 0 radical (unpaired) electrons. The Labute approximate surface area is 165 Å². The van der Waals surface area contributed by atoms with Crippen LogP contribution < -0.4 is 9.62 Å². The molecule has 0 spiro atoms. The number of rotatable bonds is 6. The van der Waals surface area contributed by atoms with Crippen LogP contribution in [0.3, 0.4) is 0 Å². The lowest BCUT2D eigenvalue weighted by Crippen LogP contribution is -2.27. The third kappa shape index (κ3) is 4.65. The molecule has 0 aliphatic carbocycles. The SMILES string of the molecule is Cc1ccc(CNS(=O)(=O)c2cccc(C(=O)N(C)c3ccccc3)c2)cc1. The number of nitrogens with one attached hydrogen (secondary N) is 1. The first kappa shape index (κ1) is 19.8. The lowest BCUT2D eigenvalue weighted by Gasteiger charge is -2.17. The van der Waals surface area contributed by atoms with Crippen LogP contribution in [0.1, 0.15) is 21.5 Å². The third-order valence-electron chi connectivity index (χ3n) is 4.43. The lowest BCUT2D eigenvalue weighted by molar-refractivity contribution is 0.0993. The number of nitrogens with zero attached hydrogens (tertiary/aromatic N) is 1. The molecule has 0 aromatic heterocycles. The Kier molecular flexibility index (Phi) is 5.92. The van der Waals surface area contributed by atoms with E-state index in [-0.39, 0.29) is 17.3 Å². The molecule has 3 rings (SSSR count). The summed E-state index contributed by atoms with van der Waals surface area (Å²) in [5.74, 6) is -0.276. The van der Waals surface area contributed by atoms with Gasteiger partial charge in [-0.15, -0.1) is 0 Å². The largest absolute Gasteiger partial charge is 0.311 e. The number of hydrogen-bond donors (Lipinski definition) is 1. The van der Waals surface area contributed by atoms with E-state index >= 15 is 0 Å². The molecule has 0 bridgehead atoms. The molecule has 0 saturated carbocycles. The van der Waals surface area contributed by atoms with Gasteiger partial charge in [-0.1, -0.05) is 54.1 Å². The van der Waals surface area contributed by atoms with Crippen LogP contribution in [0.4, 0.5) is 5.69 Å². The van der Waals surface area contributed by atoms with Crippen LogP contribution in [0, 0.1) is 6.92 Å². The molecule has 3 aromatic carbocycles. The van der Waals surface area contributed by atoms with E-state index < -0.39 is 10.0 Å². The summed E-state index contributed by atoms with van der Waals surface area (Å²) in [4.78, 5) is 14.3. The van der Waals surface area contributed by atoms with Gasteiger partial charge in [-0.3, -0.25) is 4.79 Å². The molecule has 1 amide bonds. The van der Waals surface area contributed by atoms with Crippen LogP contribution in [0.25, 0.3) is 0 Å². The van der Waals surface area contributed by atoms with Crippen molar-refractivity contribution in [1.82, 2.24) is 4.72 Å². The average molecular weight is 394 g/mol. The summed E-state index contributed by atoms with van der Waals surface area (Å²) in [6.07, 6.45) is 0. The van der Waals surface area contributed by atoms with Gasteiger partial charge >= 0.3 is 0 Å². The van der Waals surface area contributed by atoms with Crippen molar-refractivity contribution in [2.45, 2.75) is 18.4 Å². The van der Waals surface area contributed by atoms with E-state index in [1.807, 2.05) is 61.5 Å². The number of carbonyl (C=O) groups excluding carboxylic acids is 1. The summed E-state index contributed by atoms with van der Waals surface area (Å²) in [5.41, 5.74) is 3.02. The van der Waals surface area contributed by atoms with Crippen molar-refractivity contribution in [1.29, 1.82) is 0 Å². The van der Waals surface area contributed by atoms with Gasteiger partial charge in [0.05, 0.1) is 4.90 Å². The Hall–Kier alpha value is -2.96. The normalized spacial score (nSPS) is 11.2. The van der Waals surface area contributed by atoms with E-state index in [0.29, 0.717) is 5.56 Å². The maximum absolute atomic E-state index is 12.7. The number of anilines is 1. The molecule has 5 nitrogen and oxygen atoms in total. The molecule has 144 valence electrons. The number of carbonyl (C=O) groups is 1. The zero-order valence-electron chi connectivity index (χ0n) is 15.8. The molecule has 0 atom stereocenters. The van der Waals surface area contributed by atoms with Gasteiger partial charge in [0.15, 0.2) is 0 Å². The number of hydrogen-bond acceptors (Lipinski definition) is 3. The molecule has 0 saturated heterocycles. The van der Waals surface area contributed by atoms with Gasteiger partial charge in [-0.25, -0.2) is 13.1 Å². The molecule has 28 heavy (non-hydrogen) atoms. The lowest BCUT2D eigenvalue weighted by atomic mass is 10.2. The molecule has 1 N–H and O–H groups in total. The first-order valence-electron chi connectivity index (χ1n) is 8.85. The number of benzene rings is 3. The highest BCUT2D eigenvalue weighted by molar-refractivity contribution is 7.89. The third-order valence-corrected chi connectivity index (χ3v) is 5.83. The Morgan fingerprint density at radius 2 is 1.61 bits per heavy atom. The molecule has 6 heteroatoms. The zero-order chi connectivity index (χ0) is 20.1. The highest BCUT2D eigenvalue weighted by Crippen LogP contribution is 2.18. The summed E-state index contributed by atoms with van der Waals surface area (Å²) in [6, 6.07) is 22.9. The molecule has 0 heterocycles. The number of para-hydroxylation sites is 1. The van der Waals surface area contributed by atoms with Crippen LogP contribution in [-0.2, 0) is 16.6 Å². The smallest absolute Gasteiger partial charge is 0.258 e. The summed E-state index contributed by atoms with van der Waals surface area (Å²) < 4.78 is 27.9. The molecule has 0 unspecified atom stereocenters. The van der Waals surface area contributed by atoms with Crippen LogP contribution >= 0.6 is 0 Å². The minimum atomic E-state index is -3.74. The van der Waals surface area contributed by atoms with E-state index in [4.69, 9.17) is 0 Å². The number of amides is 1. The fraction of sp³-hybridized carbons (Fsp3) is 0.136. The van der Waals surface area contributed by atoms with Crippen molar-refractivity contribution in [3.63, 3.8) is 0 Å². The summed E-state index contributed by atoms with van der Waals surface area (Å²) in [5, 5.41) is 0. The molecule has 3 aromatic rings. The number of sulfonamides is 1. The van der Waals surface area contributed by atoms with Gasteiger partial charge in [0.1, 0.15) is 0 Å². The van der Waals surface area contributed by atoms with E-state index in [9.17, 15) is 13.2 Å². The predicted octanol–water partition coefficient (Wildman–Crippen LogP) is 3.75. The fourth-order valence-corrected chi connectivity index (χ4v) is 3.79. The minimum absolute atomic E-state index is 0.0620. The van der Waals surface area contributed by atoms with Gasteiger partial charge in [0, 0.05) is 24.8 Å². The van der Waals surface area contributed by atoms with Gasteiger partial charge in [0.2, 0.25) is 10.0 Å². The van der Waals surface area contributed by atoms with Gasteiger partial charge < -0.3 is 4.90 Å². The zero-order valence-corrected chi connectivity index (χ0v) is 16.6. The number of aryl methyl sites for hydroxylation is 1. The molecular weight excluding hydrogens is 372 g/mol. The van der Waals surface area contributed by atoms with Crippen molar-refractivity contribution >= 4 is 21.6 Å². The Morgan fingerprint density at radius 1 is 0.929 bits per heavy atom. The summed E-state index contributed by atoms with van der Waals surface area (Å²) in [6.45, 7) is 2.16. The van der Waals surface area contributed by atoms with Crippen molar-refractivity contribution in [2.75, 3.05) is 11.9 Å². The quantitative estimate of drug-likeness (QED) is 0.692. The van der Waals surface area contributed by atoms with Crippen LogP contribution in [-0.4, -0.2) is 21.4 Å². The minimum Gasteiger partial charge on any atom is -0.311 e. The monoisotopic (exact) mass is 394 g/mol. The second kappa shape index (κ2) is 8.37. The van der Waals surface area contributed by atoms with Crippen LogP contribution in [0.2, 0.25) is 0 Å². The van der Waals surface area contributed by atoms with E-state index in [0.717, 1.165) is 16.8 Å². The highest BCUT2D eigenvalue weighted by atomic mass is 32.2. The van der Waals surface area contributed by atoms with Crippen molar-refractivity contribution in [2.24, 2.45) is 0 Å². The second-order valence-corrected chi connectivity index (χ2v) is 8.30. The Morgan fingerprint density at radius 3 is 2.29 bits per heavy atom. The molecule has 0 fully saturated rings. The van der Waals surface area contributed by atoms with Gasteiger partial charge in [-0.2, -0.15) is 0 Å². The first-order valence-corrected chi connectivity index (χ1v) is 10.3. The first-order chi connectivity index (χ1) is 13.4. The fourth-order valence-electron chi connectivity index (χ4n) is 2.73. The van der Waals surface area contributed by atoms with Crippen molar-refractivity contribution in [3.05, 3.63) is 95.6 Å². The van der Waals surface area contributed by atoms with Gasteiger partial charge in [-0.05, 0) is 42.8 Å². The summed E-state index contributed by atoms with van der Waals surface area (Å²) in [7, 11) is -2.07. The second-order valence-electron chi connectivity index (χ2n) is 6.54. The van der Waals surface area contributed by atoms with Crippen molar-refractivity contribution in [3.8, 4) is 0 Å². The van der Waals surface area contributed by atoms with E-state index in [2.05, 4.69) is 4.72 Å². The average Bonchev–Trinajstić information content (AvgIpc) is 2.73. The Balaban J connectivity index is 1.77. The predicted molar refractivity (Wildman–Crippen MR) is 111 cm³/mol. The Bertz CT molecular complexity index is 1060. The summed E-state index contributed by atoms with van der Waals surface area (Å²) >= 11 is 0. The van der Waals surface area contributed by atoms with Crippen molar-refractivity contribution < 1.29 is 13.2 Å². The molecule has 0 aliphatic heterocycles. The highest BCUT2D eigenvalue weighted by Gasteiger charge is 2.18. The topological polar surface area (TPSA) is 66.5 Å². The van der Waals surface area contributed by atoms with E-state index in [1.54, 1.807) is 19.2 Å². The van der Waals surface area contributed by atoms with Gasteiger partial charge in [0.25, 0.3) is 5.91 Å². The molecular formula is C22H22N2O3S. The van der Waals surface area contributed by atoms with Crippen LogP contribution in [0.5, 0.6) is 0 Å².